The Bertz CT molecular complexity index is 1030. The molecule has 4 rings (SSSR count). The lowest BCUT2D eigenvalue weighted by atomic mass is 9.98. The van der Waals surface area contributed by atoms with E-state index < -0.39 is 43.8 Å². The number of aromatic amines is 1. The molecule has 0 spiro atoms. The minimum atomic E-state index is -1.56. The first-order valence-electron chi connectivity index (χ1n) is 12.4. The van der Waals surface area contributed by atoms with Crippen LogP contribution in [0.1, 0.15) is 40.3 Å². The van der Waals surface area contributed by atoms with Crippen molar-refractivity contribution in [1.82, 2.24) is 19.1 Å². The maximum atomic E-state index is 12.6. The molecule has 5 atom stereocenters. The smallest absolute Gasteiger partial charge is 0.330 e. The summed E-state index contributed by atoms with van der Waals surface area (Å²) in [6.45, 7) is 12.2. The Hall–Kier alpha value is -1.68. The molecule has 3 fully saturated rings. The quantitative estimate of drug-likeness (QED) is 0.332. The summed E-state index contributed by atoms with van der Waals surface area (Å²) in [4.78, 5) is 28.8. The Morgan fingerprint density at radius 1 is 1.28 bits per heavy atom. The normalized spacial score (nSPS) is 29.3. The highest BCUT2D eigenvalue weighted by Crippen LogP contribution is 2.55. The molecule has 0 aromatic carbocycles. The van der Waals surface area contributed by atoms with Crippen LogP contribution in [0.15, 0.2) is 21.9 Å². The summed E-state index contributed by atoms with van der Waals surface area (Å²) in [5.74, 6) is 0. The van der Waals surface area contributed by atoms with Crippen molar-refractivity contribution in [2.24, 2.45) is 0 Å². The SMILES string of the molecule is CC(C)N(C(C)C)P(OCCC#N)OC1C2OCC1(CN1CCOCC1)OC2n1ccc(=O)[nH]c1=O. The monoisotopic (exact) mass is 525 g/mol. The second-order valence-corrected chi connectivity index (χ2v) is 11.2. The second kappa shape index (κ2) is 11.8. The van der Waals surface area contributed by atoms with E-state index in [0.717, 1.165) is 13.1 Å². The number of morpholine rings is 1. The zero-order valence-corrected chi connectivity index (χ0v) is 22.2. The number of nitriles is 1. The van der Waals surface area contributed by atoms with Gasteiger partial charge in [-0.05, 0) is 27.7 Å². The fourth-order valence-electron chi connectivity index (χ4n) is 5.05. The highest BCUT2D eigenvalue weighted by molar-refractivity contribution is 7.44. The van der Waals surface area contributed by atoms with E-state index in [4.69, 9.17) is 28.5 Å². The molecule has 3 saturated heterocycles. The van der Waals surface area contributed by atoms with Crippen molar-refractivity contribution in [3.63, 3.8) is 0 Å². The predicted molar refractivity (Wildman–Crippen MR) is 131 cm³/mol. The molecular weight excluding hydrogens is 489 g/mol. The van der Waals surface area contributed by atoms with Crippen molar-refractivity contribution in [1.29, 1.82) is 5.26 Å². The van der Waals surface area contributed by atoms with Crippen LogP contribution >= 0.6 is 8.53 Å². The lowest BCUT2D eigenvalue weighted by molar-refractivity contribution is -0.183. The van der Waals surface area contributed by atoms with Gasteiger partial charge in [0.05, 0.1) is 38.9 Å². The third kappa shape index (κ3) is 5.74. The van der Waals surface area contributed by atoms with Gasteiger partial charge in [0.25, 0.3) is 14.1 Å². The number of H-pyrrole nitrogens is 1. The van der Waals surface area contributed by atoms with Gasteiger partial charge in [0.1, 0.15) is 17.8 Å². The van der Waals surface area contributed by atoms with E-state index in [1.165, 1.54) is 16.8 Å². The summed E-state index contributed by atoms with van der Waals surface area (Å²) in [5.41, 5.74) is -1.89. The summed E-state index contributed by atoms with van der Waals surface area (Å²) in [7, 11) is -1.56. The Labute approximate surface area is 212 Å². The van der Waals surface area contributed by atoms with Crippen LogP contribution in [0.5, 0.6) is 0 Å². The van der Waals surface area contributed by atoms with Crippen LogP contribution in [-0.4, -0.2) is 95.1 Å². The number of hydrogen-bond donors (Lipinski definition) is 1. The van der Waals surface area contributed by atoms with Crippen molar-refractivity contribution in [3.05, 3.63) is 33.1 Å². The average molecular weight is 526 g/mol. The van der Waals surface area contributed by atoms with Gasteiger partial charge < -0.3 is 23.3 Å². The second-order valence-electron chi connectivity index (χ2n) is 9.83. The maximum absolute atomic E-state index is 12.6. The van der Waals surface area contributed by atoms with Crippen LogP contribution in [0.3, 0.4) is 0 Å². The molecular formula is C23H36N5O7P. The van der Waals surface area contributed by atoms with Crippen LogP contribution in [-0.2, 0) is 23.3 Å². The molecule has 1 N–H and O–H groups in total. The summed E-state index contributed by atoms with van der Waals surface area (Å²) in [6.07, 6.45) is -0.202. The number of hydrogen-bond acceptors (Lipinski definition) is 10. The highest BCUT2D eigenvalue weighted by Gasteiger charge is 2.64. The number of aromatic nitrogens is 2. The van der Waals surface area contributed by atoms with Crippen molar-refractivity contribution in [2.75, 3.05) is 46.1 Å². The third-order valence-corrected chi connectivity index (χ3v) is 8.67. The molecule has 1 aromatic heterocycles. The molecule has 3 aliphatic rings. The molecule has 200 valence electrons. The third-order valence-electron chi connectivity index (χ3n) is 6.56. The Kier molecular flexibility index (Phi) is 8.96. The number of ether oxygens (including phenoxy) is 3. The first-order valence-corrected chi connectivity index (χ1v) is 13.5. The van der Waals surface area contributed by atoms with E-state index in [1.54, 1.807) is 0 Å². The zero-order valence-electron chi connectivity index (χ0n) is 21.3. The molecule has 4 heterocycles. The van der Waals surface area contributed by atoms with E-state index in [0.29, 0.717) is 26.4 Å². The van der Waals surface area contributed by atoms with Crippen LogP contribution in [0.2, 0.25) is 0 Å². The van der Waals surface area contributed by atoms with E-state index in [-0.39, 0.29) is 25.1 Å². The molecule has 0 amide bonds. The number of nitrogens with zero attached hydrogens (tertiary/aromatic N) is 4. The minimum Gasteiger partial charge on any atom is -0.379 e. The molecule has 0 aliphatic carbocycles. The lowest BCUT2D eigenvalue weighted by Crippen LogP contribution is -2.54. The molecule has 3 aliphatic heterocycles. The molecule has 0 radical (unpaired) electrons. The van der Waals surface area contributed by atoms with Gasteiger partial charge in [0.15, 0.2) is 6.23 Å². The summed E-state index contributed by atoms with van der Waals surface area (Å²) >= 11 is 0. The molecule has 1 aromatic rings. The van der Waals surface area contributed by atoms with Gasteiger partial charge in [-0.2, -0.15) is 5.26 Å². The van der Waals surface area contributed by atoms with Gasteiger partial charge in [-0.15, -0.1) is 0 Å². The van der Waals surface area contributed by atoms with E-state index in [9.17, 15) is 9.59 Å². The number of rotatable bonds is 11. The maximum Gasteiger partial charge on any atom is 0.330 e. The Balaban J connectivity index is 1.66. The van der Waals surface area contributed by atoms with Gasteiger partial charge in [-0.25, -0.2) is 9.46 Å². The fraction of sp³-hybridized carbons (Fsp3) is 0.783. The Morgan fingerprint density at radius 3 is 2.64 bits per heavy atom. The largest absolute Gasteiger partial charge is 0.379 e. The van der Waals surface area contributed by atoms with E-state index in [2.05, 4.69) is 48.3 Å². The zero-order chi connectivity index (χ0) is 25.9. The van der Waals surface area contributed by atoms with Gasteiger partial charge in [0.2, 0.25) is 0 Å². The van der Waals surface area contributed by atoms with Crippen molar-refractivity contribution < 1.29 is 23.3 Å². The van der Waals surface area contributed by atoms with Crippen molar-refractivity contribution in [3.8, 4) is 6.07 Å². The fourth-order valence-corrected chi connectivity index (χ4v) is 6.86. The highest BCUT2D eigenvalue weighted by atomic mass is 31.2. The van der Waals surface area contributed by atoms with Crippen LogP contribution in [0, 0.1) is 11.3 Å². The number of nitrogens with one attached hydrogen (secondary N) is 1. The first kappa shape index (κ1) is 27.4. The van der Waals surface area contributed by atoms with Crippen molar-refractivity contribution in [2.45, 2.75) is 70.2 Å². The van der Waals surface area contributed by atoms with Gasteiger partial charge in [0, 0.05) is 44.0 Å². The van der Waals surface area contributed by atoms with Crippen LogP contribution in [0.25, 0.3) is 0 Å². The van der Waals surface area contributed by atoms with Crippen molar-refractivity contribution >= 4 is 8.53 Å². The molecule has 12 nitrogen and oxygen atoms in total. The lowest BCUT2D eigenvalue weighted by Gasteiger charge is -2.40. The molecule has 0 saturated carbocycles. The standard InChI is InChI=1S/C23H36N5O7P/c1-16(2)28(17(3)4)36(33-11-5-7-24)35-20-19-21(27-8-6-18(29)25-22(27)30)34-23(20,15-32-19)14-26-9-12-31-13-10-26/h6,8,16-17,19-21H,5,9-15H2,1-4H3,(H,25,29,30). The van der Waals surface area contributed by atoms with Crippen LogP contribution < -0.4 is 11.2 Å². The van der Waals surface area contributed by atoms with E-state index >= 15 is 0 Å². The first-order chi connectivity index (χ1) is 17.3. The van der Waals surface area contributed by atoms with Gasteiger partial charge in [-0.1, -0.05) is 0 Å². The molecule has 36 heavy (non-hydrogen) atoms. The van der Waals surface area contributed by atoms with Crippen LogP contribution in [0.4, 0.5) is 0 Å². The summed E-state index contributed by atoms with van der Waals surface area (Å²) in [5, 5.41) is 9.05. The molecule has 5 unspecified atom stereocenters. The summed E-state index contributed by atoms with van der Waals surface area (Å²) < 4.78 is 34.7. The summed E-state index contributed by atoms with van der Waals surface area (Å²) in [6, 6.07) is 3.67. The Morgan fingerprint density at radius 2 is 2.00 bits per heavy atom. The van der Waals surface area contributed by atoms with Gasteiger partial charge in [-0.3, -0.25) is 19.2 Å². The molecule has 13 heteroatoms. The predicted octanol–water partition coefficient (Wildman–Crippen LogP) is 1.20. The average Bonchev–Trinajstić information content (AvgIpc) is 3.30. The topological polar surface area (TPSA) is 131 Å². The number of fused-ring (bicyclic) bond motifs is 2. The molecule has 2 bridgehead atoms. The van der Waals surface area contributed by atoms with E-state index in [1.807, 2.05) is 0 Å². The minimum absolute atomic E-state index is 0.131. The van der Waals surface area contributed by atoms with Gasteiger partial charge >= 0.3 is 5.69 Å².